The predicted octanol–water partition coefficient (Wildman–Crippen LogP) is 3.96. The monoisotopic (exact) mass is 399 g/mol. The summed E-state index contributed by atoms with van der Waals surface area (Å²) in [4.78, 5) is 23.7. The summed E-state index contributed by atoms with van der Waals surface area (Å²) in [6.07, 6.45) is 7.28. The van der Waals surface area contributed by atoms with Crippen LogP contribution in [0, 0.1) is 5.82 Å². The van der Waals surface area contributed by atoms with Crippen LogP contribution in [0.15, 0.2) is 85.5 Å². The van der Waals surface area contributed by atoms with E-state index in [9.17, 15) is 9.18 Å². The van der Waals surface area contributed by atoms with Crippen molar-refractivity contribution in [2.45, 2.75) is 13.1 Å². The molecule has 0 unspecified atom stereocenters. The van der Waals surface area contributed by atoms with Gasteiger partial charge in [0.05, 0.1) is 42.4 Å². The first-order chi connectivity index (χ1) is 14.7. The van der Waals surface area contributed by atoms with Crippen LogP contribution in [-0.4, -0.2) is 29.6 Å². The van der Waals surface area contributed by atoms with Crippen LogP contribution in [0.2, 0.25) is 0 Å². The number of carbonyl (C=O) groups is 1. The molecule has 5 rings (SSSR count). The van der Waals surface area contributed by atoms with Gasteiger partial charge in [-0.3, -0.25) is 4.79 Å². The minimum atomic E-state index is -0.538. The van der Waals surface area contributed by atoms with Gasteiger partial charge >= 0.3 is 0 Å². The maximum Gasteiger partial charge on any atom is 0.257 e. The number of fused-ring (bicyclic) bond motifs is 2. The zero-order valence-electron chi connectivity index (χ0n) is 16.0. The second-order valence-electron chi connectivity index (χ2n) is 7.00. The molecule has 0 aliphatic carbocycles. The van der Waals surface area contributed by atoms with Crippen LogP contribution >= 0.6 is 0 Å². The Balaban J connectivity index is 1.55. The van der Waals surface area contributed by atoms with Crippen LogP contribution in [-0.2, 0) is 13.1 Å². The van der Waals surface area contributed by atoms with E-state index in [0.29, 0.717) is 0 Å². The lowest BCUT2D eigenvalue weighted by atomic mass is 10.1. The number of aromatic nitrogens is 4. The molecule has 0 saturated carbocycles. The van der Waals surface area contributed by atoms with Crippen molar-refractivity contribution in [1.82, 2.24) is 23.7 Å². The van der Waals surface area contributed by atoms with Gasteiger partial charge in [0.25, 0.3) is 5.91 Å². The van der Waals surface area contributed by atoms with Crippen molar-refractivity contribution < 1.29 is 9.18 Å². The topological polar surface area (TPSA) is 54.9 Å². The maximum absolute atomic E-state index is 14.4. The van der Waals surface area contributed by atoms with E-state index in [1.807, 2.05) is 57.6 Å². The Morgan fingerprint density at radius 1 is 0.800 bits per heavy atom. The Morgan fingerprint density at radius 3 is 1.90 bits per heavy atom. The third-order valence-electron chi connectivity index (χ3n) is 5.08. The number of halogens is 1. The highest BCUT2D eigenvalue weighted by atomic mass is 19.1. The van der Waals surface area contributed by atoms with E-state index >= 15 is 0 Å². The number of carbonyl (C=O) groups excluding carboxylic acids is 1. The highest BCUT2D eigenvalue weighted by molar-refractivity contribution is 5.94. The number of hydrogen-bond donors (Lipinski definition) is 0. The average Bonchev–Trinajstić information content (AvgIpc) is 3.38. The van der Waals surface area contributed by atoms with Crippen molar-refractivity contribution in [2.24, 2.45) is 0 Å². The van der Waals surface area contributed by atoms with Gasteiger partial charge in [0, 0.05) is 12.4 Å². The molecule has 4 heterocycles. The summed E-state index contributed by atoms with van der Waals surface area (Å²) in [5.74, 6) is -0.923. The predicted molar refractivity (Wildman–Crippen MR) is 110 cm³/mol. The van der Waals surface area contributed by atoms with Gasteiger partial charge in [-0.05, 0) is 36.4 Å². The van der Waals surface area contributed by atoms with E-state index in [2.05, 4.69) is 9.97 Å². The van der Waals surface area contributed by atoms with E-state index in [-0.39, 0.29) is 24.6 Å². The molecule has 4 aromatic heterocycles. The molecule has 6 nitrogen and oxygen atoms in total. The molecule has 0 fully saturated rings. The van der Waals surface area contributed by atoms with Crippen molar-refractivity contribution in [3.63, 3.8) is 0 Å². The first-order valence-corrected chi connectivity index (χ1v) is 9.56. The van der Waals surface area contributed by atoms with Crippen molar-refractivity contribution in [2.75, 3.05) is 0 Å². The van der Waals surface area contributed by atoms with E-state index < -0.39 is 5.82 Å². The normalized spacial score (nSPS) is 11.2. The molecule has 1 aromatic carbocycles. The van der Waals surface area contributed by atoms with E-state index in [4.69, 9.17) is 0 Å². The van der Waals surface area contributed by atoms with Crippen LogP contribution < -0.4 is 0 Å². The van der Waals surface area contributed by atoms with Gasteiger partial charge in [-0.25, -0.2) is 14.4 Å². The average molecular weight is 399 g/mol. The van der Waals surface area contributed by atoms with E-state index in [1.165, 1.54) is 12.1 Å². The Hall–Kier alpha value is -4.00. The summed E-state index contributed by atoms with van der Waals surface area (Å²) in [5.41, 5.74) is 3.30. The Kier molecular flexibility index (Phi) is 4.48. The summed E-state index contributed by atoms with van der Waals surface area (Å²) < 4.78 is 18.2. The lowest BCUT2D eigenvalue weighted by Gasteiger charge is -2.23. The summed E-state index contributed by atoms with van der Waals surface area (Å²) in [7, 11) is 0. The van der Waals surface area contributed by atoms with Crippen LogP contribution in [0.25, 0.3) is 11.3 Å². The third kappa shape index (κ3) is 3.20. The third-order valence-corrected chi connectivity index (χ3v) is 5.08. The largest absolute Gasteiger partial charge is 0.327 e. The quantitative estimate of drug-likeness (QED) is 0.449. The Bertz CT molecular complexity index is 1280. The van der Waals surface area contributed by atoms with Gasteiger partial charge in [-0.1, -0.05) is 24.3 Å². The smallest absolute Gasteiger partial charge is 0.257 e. The van der Waals surface area contributed by atoms with Gasteiger partial charge in [-0.2, -0.15) is 0 Å². The summed E-state index contributed by atoms with van der Waals surface area (Å²) in [6, 6.07) is 17.5. The lowest BCUT2D eigenvalue weighted by Crippen LogP contribution is -2.31. The number of imidazole rings is 2. The molecule has 0 atom stereocenters. The summed E-state index contributed by atoms with van der Waals surface area (Å²) in [5, 5.41) is 0. The van der Waals surface area contributed by atoms with Crippen molar-refractivity contribution >= 4 is 17.2 Å². The number of amides is 1. The maximum atomic E-state index is 14.4. The number of pyridine rings is 2. The molecule has 5 aromatic rings. The van der Waals surface area contributed by atoms with Crippen molar-refractivity contribution in [3.05, 3.63) is 108 Å². The number of rotatable bonds is 5. The lowest BCUT2D eigenvalue weighted by molar-refractivity contribution is 0.0720. The molecular weight excluding hydrogens is 381 g/mol. The van der Waals surface area contributed by atoms with Gasteiger partial charge in [0.15, 0.2) is 0 Å². The highest BCUT2D eigenvalue weighted by Gasteiger charge is 2.22. The first kappa shape index (κ1) is 18.1. The molecule has 7 heteroatoms. The fourth-order valence-corrected chi connectivity index (χ4v) is 3.60. The molecular formula is C23H18FN5O. The van der Waals surface area contributed by atoms with E-state index in [1.54, 1.807) is 29.4 Å². The summed E-state index contributed by atoms with van der Waals surface area (Å²) >= 11 is 0. The van der Waals surface area contributed by atoms with Crippen LogP contribution in [0.1, 0.15) is 21.7 Å². The second-order valence-corrected chi connectivity index (χ2v) is 7.00. The Morgan fingerprint density at radius 2 is 1.33 bits per heavy atom. The molecule has 0 aliphatic heterocycles. The van der Waals surface area contributed by atoms with E-state index in [0.717, 1.165) is 22.7 Å². The van der Waals surface area contributed by atoms with Crippen LogP contribution in [0.3, 0.4) is 0 Å². The Labute approximate surface area is 171 Å². The van der Waals surface area contributed by atoms with Crippen LogP contribution in [0.5, 0.6) is 0 Å². The molecule has 0 aliphatic rings. The minimum absolute atomic E-state index is 0.0418. The fraction of sp³-hybridized carbons (Fsp3) is 0.0870. The summed E-state index contributed by atoms with van der Waals surface area (Å²) in [6.45, 7) is 0.552. The van der Waals surface area contributed by atoms with Crippen molar-refractivity contribution in [1.29, 1.82) is 0 Å². The fourth-order valence-electron chi connectivity index (χ4n) is 3.60. The molecule has 148 valence electrons. The van der Waals surface area contributed by atoms with Gasteiger partial charge < -0.3 is 13.7 Å². The molecule has 0 radical (unpaired) electrons. The molecule has 0 spiro atoms. The zero-order chi connectivity index (χ0) is 20.5. The van der Waals surface area contributed by atoms with Crippen molar-refractivity contribution in [3.8, 4) is 0 Å². The molecule has 0 bridgehead atoms. The number of nitrogens with zero attached hydrogens (tertiary/aromatic N) is 5. The SMILES string of the molecule is O=C(c1ccccc1F)N(Cc1cnc2ccccn12)Cc1cnc2ccccn12. The molecule has 30 heavy (non-hydrogen) atoms. The molecule has 0 N–H and O–H groups in total. The first-order valence-electron chi connectivity index (χ1n) is 9.56. The minimum Gasteiger partial charge on any atom is -0.327 e. The van der Waals surface area contributed by atoms with Gasteiger partial charge in [0.1, 0.15) is 17.1 Å². The second kappa shape index (κ2) is 7.44. The number of benzene rings is 1. The van der Waals surface area contributed by atoms with Gasteiger partial charge in [0.2, 0.25) is 0 Å². The van der Waals surface area contributed by atoms with Gasteiger partial charge in [-0.15, -0.1) is 0 Å². The molecule has 1 amide bonds. The standard InChI is InChI=1S/C23H18FN5O/c24-20-8-2-1-7-19(20)23(30)27(15-17-13-25-21-9-3-5-11-28(17)21)16-18-14-26-22-10-4-6-12-29(18)22/h1-14H,15-16H2. The highest BCUT2D eigenvalue weighted by Crippen LogP contribution is 2.18. The zero-order valence-corrected chi connectivity index (χ0v) is 16.0. The number of hydrogen-bond acceptors (Lipinski definition) is 3. The molecule has 0 saturated heterocycles. The van der Waals surface area contributed by atoms with Crippen LogP contribution in [0.4, 0.5) is 4.39 Å².